The van der Waals surface area contributed by atoms with E-state index in [9.17, 15) is 4.79 Å². The Morgan fingerprint density at radius 3 is 2.58 bits per heavy atom. The summed E-state index contributed by atoms with van der Waals surface area (Å²) in [5.41, 5.74) is 2.71. The van der Waals surface area contributed by atoms with E-state index in [0.29, 0.717) is 23.8 Å². The Labute approximate surface area is 158 Å². The van der Waals surface area contributed by atoms with E-state index in [4.69, 9.17) is 16.6 Å². The quantitative estimate of drug-likeness (QED) is 0.894. The van der Waals surface area contributed by atoms with Gasteiger partial charge in [-0.15, -0.1) is 0 Å². The number of carbonyl (C=O) groups is 1. The maximum atomic E-state index is 12.2. The lowest BCUT2D eigenvalue weighted by Crippen LogP contribution is -2.47. The summed E-state index contributed by atoms with van der Waals surface area (Å²) in [6.45, 7) is 3.44. The number of nitrogens with zero attached hydrogens (tertiary/aromatic N) is 4. The lowest BCUT2D eigenvalue weighted by Gasteiger charge is -2.36. The predicted octanol–water partition coefficient (Wildman–Crippen LogP) is 3.02. The first-order valence-corrected chi connectivity index (χ1v) is 9.41. The van der Waals surface area contributed by atoms with Crippen molar-refractivity contribution in [2.24, 2.45) is 0 Å². The van der Waals surface area contributed by atoms with Crippen LogP contribution in [-0.4, -0.2) is 49.0 Å². The molecule has 0 bridgehead atoms. The van der Waals surface area contributed by atoms with Gasteiger partial charge in [-0.2, -0.15) is 4.98 Å². The van der Waals surface area contributed by atoms with Gasteiger partial charge in [-0.05, 0) is 31.0 Å². The molecule has 1 fully saturated rings. The fraction of sp³-hybridized carbons (Fsp3) is 0.421. The monoisotopic (exact) mass is 371 g/mol. The van der Waals surface area contributed by atoms with E-state index in [2.05, 4.69) is 26.2 Å². The lowest BCUT2D eigenvalue weighted by molar-refractivity contribution is 0.0972. The minimum Gasteiger partial charge on any atom is -0.372 e. The highest BCUT2D eigenvalue weighted by Crippen LogP contribution is 2.28. The normalized spacial score (nSPS) is 17.2. The molecule has 136 valence electrons. The molecule has 1 aromatic heterocycles. The van der Waals surface area contributed by atoms with Crippen LogP contribution in [0.3, 0.4) is 0 Å². The largest absolute Gasteiger partial charge is 0.372 e. The standard InChI is InChI=1S/C19H22ClN5O/c1-21-18-17-15(6-3-7-16(17)26)22-19(23-18)25-10-8-24(9-11-25)14-5-2-4-13(20)12-14/h2,4-5,12H,3,6-11H2,1H3,(H,21,22,23). The predicted molar refractivity (Wildman–Crippen MR) is 105 cm³/mol. The number of Topliss-reactive ketones (excluding diaryl/α,β-unsaturated/α-hetero) is 1. The third-order valence-corrected chi connectivity index (χ3v) is 5.28. The fourth-order valence-electron chi connectivity index (χ4n) is 3.67. The second kappa shape index (κ2) is 7.11. The van der Waals surface area contributed by atoms with Gasteiger partial charge in [0.15, 0.2) is 5.78 Å². The Bertz CT molecular complexity index is 815. The molecule has 0 amide bonds. The Balaban J connectivity index is 1.53. The van der Waals surface area contributed by atoms with E-state index in [1.165, 1.54) is 0 Å². The van der Waals surface area contributed by atoms with Crippen molar-refractivity contribution in [1.82, 2.24) is 9.97 Å². The maximum Gasteiger partial charge on any atom is 0.227 e. The first-order chi connectivity index (χ1) is 12.7. The van der Waals surface area contributed by atoms with Crippen LogP contribution in [0.2, 0.25) is 5.02 Å². The number of hydrogen-bond acceptors (Lipinski definition) is 6. The molecule has 1 N–H and O–H groups in total. The van der Waals surface area contributed by atoms with Crippen molar-refractivity contribution in [2.45, 2.75) is 19.3 Å². The van der Waals surface area contributed by atoms with Crippen LogP contribution in [0.15, 0.2) is 24.3 Å². The van der Waals surface area contributed by atoms with Crippen LogP contribution in [0.4, 0.5) is 17.5 Å². The summed E-state index contributed by atoms with van der Waals surface area (Å²) in [5.74, 6) is 1.52. The number of aryl methyl sites for hydroxylation is 1. The van der Waals surface area contributed by atoms with Crippen molar-refractivity contribution in [1.29, 1.82) is 0 Å². The van der Waals surface area contributed by atoms with Crippen LogP contribution in [0.5, 0.6) is 0 Å². The Hall–Kier alpha value is -2.34. The number of hydrogen-bond donors (Lipinski definition) is 1. The molecule has 2 aliphatic rings. The van der Waals surface area contributed by atoms with Crippen molar-refractivity contribution in [3.63, 3.8) is 0 Å². The fourth-order valence-corrected chi connectivity index (χ4v) is 3.85. The smallest absolute Gasteiger partial charge is 0.227 e. The van der Waals surface area contributed by atoms with Gasteiger partial charge in [0.05, 0.1) is 11.3 Å². The van der Waals surface area contributed by atoms with Crippen molar-refractivity contribution < 1.29 is 4.79 Å². The summed E-state index contributed by atoms with van der Waals surface area (Å²) in [7, 11) is 1.81. The number of benzene rings is 1. The van der Waals surface area contributed by atoms with Gasteiger partial charge in [0, 0.05) is 50.4 Å². The summed E-state index contributed by atoms with van der Waals surface area (Å²) >= 11 is 6.11. The average Bonchev–Trinajstić information content (AvgIpc) is 2.67. The molecule has 4 rings (SSSR count). The number of rotatable bonds is 3. The topological polar surface area (TPSA) is 61.4 Å². The molecule has 6 nitrogen and oxygen atoms in total. The highest BCUT2D eigenvalue weighted by atomic mass is 35.5. The summed E-state index contributed by atoms with van der Waals surface area (Å²) < 4.78 is 0. The molecule has 0 saturated carbocycles. The molecule has 0 radical (unpaired) electrons. The number of ketones is 1. The van der Waals surface area contributed by atoms with Crippen LogP contribution < -0.4 is 15.1 Å². The number of nitrogens with one attached hydrogen (secondary N) is 1. The van der Waals surface area contributed by atoms with E-state index in [0.717, 1.165) is 55.4 Å². The number of aromatic nitrogens is 2. The SMILES string of the molecule is CNc1nc(N2CCN(c3cccc(Cl)c3)CC2)nc2c1C(=O)CCC2. The van der Waals surface area contributed by atoms with Gasteiger partial charge in [0.25, 0.3) is 0 Å². The lowest BCUT2D eigenvalue weighted by atomic mass is 9.95. The second-order valence-electron chi connectivity index (χ2n) is 6.67. The van der Waals surface area contributed by atoms with E-state index in [-0.39, 0.29) is 5.78 Å². The van der Waals surface area contributed by atoms with Crippen LogP contribution in [0.25, 0.3) is 0 Å². The molecule has 1 aliphatic heterocycles. The minimum atomic E-state index is 0.146. The average molecular weight is 372 g/mol. The van der Waals surface area contributed by atoms with Gasteiger partial charge in [-0.25, -0.2) is 4.98 Å². The second-order valence-corrected chi connectivity index (χ2v) is 7.11. The third kappa shape index (κ3) is 3.21. The number of carbonyl (C=O) groups excluding carboxylic acids is 1. The number of piperazine rings is 1. The molecular weight excluding hydrogens is 350 g/mol. The summed E-state index contributed by atoms with van der Waals surface area (Å²) in [6.07, 6.45) is 2.30. The van der Waals surface area contributed by atoms with Crippen LogP contribution in [0, 0.1) is 0 Å². The highest BCUT2D eigenvalue weighted by Gasteiger charge is 2.26. The zero-order chi connectivity index (χ0) is 18.1. The zero-order valence-electron chi connectivity index (χ0n) is 14.8. The number of halogens is 1. The molecule has 2 heterocycles. The molecule has 1 aliphatic carbocycles. The Morgan fingerprint density at radius 2 is 1.85 bits per heavy atom. The van der Waals surface area contributed by atoms with Crippen LogP contribution in [-0.2, 0) is 6.42 Å². The molecule has 1 saturated heterocycles. The van der Waals surface area contributed by atoms with Crippen molar-refractivity contribution in [2.75, 3.05) is 48.3 Å². The van der Waals surface area contributed by atoms with Crippen molar-refractivity contribution in [3.8, 4) is 0 Å². The zero-order valence-corrected chi connectivity index (χ0v) is 15.6. The van der Waals surface area contributed by atoms with E-state index in [1.807, 2.05) is 25.2 Å². The number of fused-ring (bicyclic) bond motifs is 1. The van der Waals surface area contributed by atoms with Crippen molar-refractivity contribution >= 4 is 34.8 Å². The molecule has 7 heteroatoms. The Kier molecular flexibility index (Phi) is 4.68. The molecule has 0 spiro atoms. The summed E-state index contributed by atoms with van der Waals surface area (Å²) in [6, 6.07) is 7.95. The Morgan fingerprint density at radius 1 is 1.08 bits per heavy atom. The first kappa shape index (κ1) is 17.1. The summed E-state index contributed by atoms with van der Waals surface area (Å²) in [4.78, 5) is 26.1. The van der Waals surface area contributed by atoms with Gasteiger partial charge in [-0.3, -0.25) is 4.79 Å². The van der Waals surface area contributed by atoms with Gasteiger partial charge >= 0.3 is 0 Å². The van der Waals surface area contributed by atoms with Crippen molar-refractivity contribution in [3.05, 3.63) is 40.5 Å². The first-order valence-electron chi connectivity index (χ1n) is 9.03. The molecule has 2 aromatic rings. The molecule has 0 atom stereocenters. The molecule has 0 unspecified atom stereocenters. The third-order valence-electron chi connectivity index (χ3n) is 5.04. The molecular formula is C19H22ClN5O. The van der Waals surface area contributed by atoms with Gasteiger partial charge in [0.2, 0.25) is 5.95 Å². The maximum absolute atomic E-state index is 12.2. The molecule has 1 aromatic carbocycles. The van der Waals surface area contributed by atoms with Gasteiger partial charge in [0.1, 0.15) is 5.82 Å². The van der Waals surface area contributed by atoms with Gasteiger partial charge < -0.3 is 15.1 Å². The minimum absolute atomic E-state index is 0.146. The highest BCUT2D eigenvalue weighted by molar-refractivity contribution is 6.30. The summed E-state index contributed by atoms with van der Waals surface area (Å²) in [5, 5.41) is 3.84. The van der Waals surface area contributed by atoms with E-state index < -0.39 is 0 Å². The number of anilines is 3. The van der Waals surface area contributed by atoms with E-state index in [1.54, 1.807) is 0 Å². The van der Waals surface area contributed by atoms with Crippen LogP contribution in [0.1, 0.15) is 28.9 Å². The van der Waals surface area contributed by atoms with Crippen LogP contribution >= 0.6 is 11.6 Å². The van der Waals surface area contributed by atoms with Gasteiger partial charge in [-0.1, -0.05) is 17.7 Å². The van der Waals surface area contributed by atoms with E-state index >= 15 is 0 Å². The molecule has 26 heavy (non-hydrogen) atoms.